The number of hydrogen-bond acceptors (Lipinski definition) is 10. The van der Waals surface area contributed by atoms with E-state index in [4.69, 9.17) is 26.2 Å². The Balaban J connectivity index is 1.47. The quantitative estimate of drug-likeness (QED) is 0.211. The van der Waals surface area contributed by atoms with Crippen LogP contribution in [0.5, 0.6) is 11.5 Å². The predicted molar refractivity (Wildman–Crippen MR) is 142 cm³/mol. The van der Waals surface area contributed by atoms with Crippen LogP contribution in [-0.4, -0.2) is 56.4 Å². The summed E-state index contributed by atoms with van der Waals surface area (Å²) in [5.41, 5.74) is 3.94. The minimum atomic E-state index is -1.27. The Bertz CT molecular complexity index is 1340. The second-order valence-corrected chi connectivity index (χ2v) is 9.29. The molecule has 0 fully saturated rings. The van der Waals surface area contributed by atoms with Crippen LogP contribution in [0.25, 0.3) is 10.9 Å². The number of aliphatic hydroxyl groups is 2. The van der Waals surface area contributed by atoms with Crippen LogP contribution in [0.3, 0.4) is 0 Å². The third-order valence-corrected chi connectivity index (χ3v) is 6.19. The molecule has 10 nitrogen and oxygen atoms in total. The van der Waals surface area contributed by atoms with E-state index in [0.717, 1.165) is 5.69 Å². The number of thiazole rings is 1. The van der Waals surface area contributed by atoms with Crippen molar-refractivity contribution in [2.24, 2.45) is 0 Å². The molecule has 0 aliphatic heterocycles. The molecular formula is C25H26ClN5O5S. The van der Waals surface area contributed by atoms with Gasteiger partial charge < -0.3 is 30.3 Å². The maximum atomic E-state index is 12.0. The van der Waals surface area contributed by atoms with Crippen molar-refractivity contribution in [3.8, 4) is 11.5 Å². The minimum absolute atomic E-state index is 0.0297. The van der Waals surface area contributed by atoms with Crippen LogP contribution < -0.4 is 20.1 Å². The molecule has 2 aromatic carbocycles. The van der Waals surface area contributed by atoms with Gasteiger partial charge in [0.1, 0.15) is 43.0 Å². The van der Waals surface area contributed by atoms with Gasteiger partial charge in [-0.3, -0.25) is 4.79 Å². The first-order valence-corrected chi connectivity index (χ1v) is 12.8. The smallest absolute Gasteiger partial charge is 0.249 e. The van der Waals surface area contributed by atoms with Gasteiger partial charge in [0.25, 0.3) is 0 Å². The van der Waals surface area contributed by atoms with Gasteiger partial charge in [0.2, 0.25) is 5.91 Å². The van der Waals surface area contributed by atoms with Gasteiger partial charge in [0, 0.05) is 24.1 Å². The van der Waals surface area contributed by atoms with E-state index in [1.165, 1.54) is 17.7 Å². The summed E-state index contributed by atoms with van der Waals surface area (Å²) in [5.74, 6) is 1.01. The average Bonchev–Trinajstić information content (AvgIpc) is 3.41. The molecule has 0 saturated heterocycles. The second kappa shape index (κ2) is 12.6. The van der Waals surface area contributed by atoms with Gasteiger partial charge in [-0.25, -0.2) is 15.0 Å². The number of nitrogens with zero attached hydrogens (tertiary/aromatic N) is 3. The van der Waals surface area contributed by atoms with Gasteiger partial charge in [-0.15, -0.1) is 11.3 Å². The monoisotopic (exact) mass is 543 g/mol. The highest BCUT2D eigenvalue weighted by Gasteiger charge is 2.18. The molecule has 12 heteroatoms. The van der Waals surface area contributed by atoms with Crippen LogP contribution in [-0.2, 0) is 11.4 Å². The number of fused-ring (bicyclic) bond motifs is 1. The zero-order chi connectivity index (χ0) is 26.2. The Hall–Kier alpha value is -3.51. The number of halogens is 1. The van der Waals surface area contributed by atoms with E-state index < -0.39 is 18.1 Å². The fraction of sp³-hybridized carbons (Fsp3) is 0.280. The van der Waals surface area contributed by atoms with Crippen molar-refractivity contribution >= 4 is 51.3 Å². The maximum absolute atomic E-state index is 12.0. The minimum Gasteiger partial charge on any atom is -0.491 e. The molecule has 4 rings (SSSR count). The zero-order valence-corrected chi connectivity index (χ0v) is 21.5. The van der Waals surface area contributed by atoms with Gasteiger partial charge in [-0.1, -0.05) is 17.7 Å². The molecule has 37 heavy (non-hydrogen) atoms. The number of ether oxygens (including phenoxy) is 2. The number of amides is 1. The van der Waals surface area contributed by atoms with Crippen molar-refractivity contribution in [3.05, 3.63) is 64.3 Å². The van der Waals surface area contributed by atoms with E-state index in [-0.39, 0.29) is 19.6 Å². The van der Waals surface area contributed by atoms with E-state index in [2.05, 4.69) is 25.6 Å². The molecule has 2 heterocycles. The third-order valence-electron chi connectivity index (χ3n) is 5.26. The van der Waals surface area contributed by atoms with E-state index in [1.54, 1.807) is 30.6 Å². The lowest BCUT2D eigenvalue weighted by Gasteiger charge is -2.18. The Morgan fingerprint density at radius 1 is 1.16 bits per heavy atom. The number of rotatable bonds is 12. The maximum Gasteiger partial charge on any atom is 0.249 e. The Morgan fingerprint density at radius 2 is 2.03 bits per heavy atom. The second-order valence-electron chi connectivity index (χ2n) is 8.16. The van der Waals surface area contributed by atoms with Crippen LogP contribution >= 0.6 is 22.9 Å². The summed E-state index contributed by atoms with van der Waals surface area (Å²) in [7, 11) is 0. The third kappa shape index (κ3) is 7.04. The molecule has 2 aromatic heterocycles. The SMILES string of the molecule is CC(COc1cccc2ncnc(Nc3ccc(OCc4cscn4)c(Cl)c3)c12)NC(=O)[C@@H](O)CCO. The predicted octanol–water partition coefficient (Wildman–Crippen LogP) is 3.69. The zero-order valence-electron chi connectivity index (χ0n) is 19.9. The molecule has 4 aromatic rings. The van der Waals surface area contributed by atoms with Crippen molar-refractivity contribution in [3.63, 3.8) is 0 Å². The molecule has 0 spiro atoms. The highest BCUT2D eigenvalue weighted by molar-refractivity contribution is 7.07. The Kier molecular flexibility index (Phi) is 9.07. The van der Waals surface area contributed by atoms with E-state index >= 15 is 0 Å². The van der Waals surface area contributed by atoms with Gasteiger partial charge in [-0.2, -0.15) is 0 Å². The fourth-order valence-electron chi connectivity index (χ4n) is 3.44. The first-order chi connectivity index (χ1) is 17.9. The molecule has 0 radical (unpaired) electrons. The van der Waals surface area contributed by atoms with Crippen LogP contribution in [0.1, 0.15) is 19.0 Å². The number of nitrogens with one attached hydrogen (secondary N) is 2. The number of hydrogen-bond donors (Lipinski definition) is 4. The molecule has 2 atom stereocenters. The van der Waals surface area contributed by atoms with Crippen molar-refractivity contribution in [2.75, 3.05) is 18.5 Å². The Morgan fingerprint density at radius 3 is 2.78 bits per heavy atom. The highest BCUT2D eigenvalue weighted by Crippen LogP contribution is 2.34. The first-order valence-electron chi connectivity index (χ1n) is 11.5. The summed E-state index contributed by atoms with van der Waals surface area (Å²) < 4.78 is 11.8. The number of anilines is 2. The van der Waals surface area contributed by atoms with E-state index in [9.17, 15) is 9.90 Å². The number of carbonyl (C=O) groups excluding carboxylic acids is 1. The lowest BCUT2D eigenvalue weighted by molar-refractivity contribution is -0.130. The molecule has 4 N–H and O–H groups in total. The molecule has 0 saturated carbocycles. The summed E-state index contributed by atoms with van der Waals surface area (Å²) in [6, 6.07) is 10.4. The summed E-state index contributed by atoms with van der Waals surface area (Å²) in [4.78, 5) is 24.9. The van der Waals surface area contributed by atoms with Crippen LogP contribution in [0.2, 0.25) is 5.02 Å². The molecule has 194 valence electrons. The van der Waals surface area contributed by atoms with E-state index in [0.29, 0.717) is 45.5 Å². The number of aliphatic hydroxyl groups excluding tert-OH is 2. The summed E-state index contributed by atoms with van der Waals surface area (Å²) in [6.45, 7) is 1.94. The molecule has 1 unspecified atom stereocenters. The number of aromatic nitrogens is 3. The molecule has 1 amide bonds. The van der Waals surface area contributed by atoms with Crippen molar-refractivity contribution in [2.45, 2.75) is 32.1 Å². The van der Waals surface area contributed by atoms with Crippen molar-refractivity contribution in [1.29, 1.82) is 0 Å². The van der Waals surface area contributed by atoms with Gasteiger partial charge >= 0.3 is 0 Å². The fourth-order valence-corrected chi connectivity index (χ4v) is 4.21. The largest absolute Gasteiger partial charge is 0.491 e. The summed E-state index contributed by atoms with van der Waals surface area (Å²) >= 11 is 7.95. The standard InChI is InChI=1S/C25H26ClN5O5S/c1-15(30-25(34)20(33)7-8-32)10-35-22-4-2-3-19-23(22)24(28-13-27-19)31-16-5-6-21(18(26)9-16)36-11-17-12-37-14-29-17/h2-6,9,12-15,20,32-33H,7-8,10-11H2,1H3,(H,30,34)(H,27,28,31)/t15?,20-/m0/s1. The number of benzene rings is 2. The Labute approximate surface area is 222 Å². The van der Waals surface area contributed by atoms with Crippen molar-refractivity contribution in [1.82, 2.24) is 20.3 Å². The lowest BCUT2D eigenvalue weighted by Crippen LogP contribution is -2.42. The van der Waals surface area contributed by atoms with Crippen LogP contribution in [0, 0.1) is 0 Å². The van der Waals surface area contributed by atoms with Gasteiger partial charge in [0.15, 0.2) is 0 Å². The topological polar surface area (TPSA) is 139 Å². The van der Waals surface area contributed by atoms with Gasteiger partial charge in [0.05, 0.1) is 33.2 Å². The molecule has 0 aliphatic rings. The van der Waals surface area contributed by atoms with Gasteiger partial charge in [-0.05, 0) is 37.3 Å². The van der Waals surface area contributed by atoms with Crippen LogP contribution in [0.4, 0.5) is 11.5 Å². The normalized spacial score (nSPS) is 12.6. The van der Waals surface area contributed by atoms with Crippen molar-refractivity contribution < 1.29 is 24.5 Å². The summed E-state index contributed by atoms with van der Waals surface area (Å²) in [5, 5.41) is 27.6. The van der Waals surface area contributed by atoms with Crippen LogP contribution in [0.15, 0.2) is 53.6 Å². The first kappa shape index (κ1) is 26.6. The molecule has 0 bridgehead atoms. The van der Waals surface area contributed by atoms with E-state index in [1.807, 2.05) is 23.6 Å². The molecule has 0 aliphatic carbocycles. The highest BCUT2D eigenvalue weighted by atomic mass is 35.5. The average molecular weight is 544 g/mol. The number of carbonyl (C=O) groups is 1. The molecular weight excluding hydrogens is 518 g/mol. The lowest BCUT2D eigenvalue weighted by atomic mass is 10.2. The summed E-state index contributed by atoms with van der Waals surface area (Å²) in [6.07, 6.45) is 0.148.